The van der Waals surface area contributed by atoms with Crippen LogP contribution in [0.4, 0.5) is 11.4 Å². The van der Waals surface area contributed by atoms with Crippen LogP contribution in [0, 0.1) is 0 Å². The Kier molecular flexibility index (Phi) is 12.3. The van der Waals surface area contributed by atoms with Crippen LogP contribution in [0.2, 0.25) is 0 Å². The van der Waals surface area contributed by atoms with E-state index in [-0.39, 0.29) is 21.7 Å². The van der Waals surface area contributed by atoms with E-state index in [4.69, 9.17) is 9.72 Å². The fourth-order valence-electron chi connectivity index (χ4n) is 10.5. The summed E-state index contributed by atoms with van der Waals surface area (Å²) >= 11 is 0. The topological polar surface area (TPSA) is 33.5 Å². The molecule has 0 spiro atoms. The lowest BCUT2D eigenvalue weighted by molar-refractivity contribution is 0.479. The van der Waals surface area contributed by atoms with Crippen LogP contribution in [0.3, 0.4) is 0 Å². The van der Waals surface area contributed by atoms with Crippen LogP contribution >= 0.6 is 0 Å². The van der Waals surface area contributed by atoms with Crippen molar-refractivity contribution in [2.75, 3.05) is 16.5 Å². The van der Waals surface area contributed by atoms with Crippen molar-refractivity contribution in [1.29, 1.82) is 0 Å². The van der Waals surface area contributed by atoms with Crippen molar-refractivity contribution in [1.82, 2.24) is 9.55 Å². The Labute approximate surface area is 425 Å². The van der Waals surface area contributed by atoms with Gasteiger partial charge in [-0.1, -0.05) is 190 Å². The Bertz CT molecular complexity index is 3290. The van der Waals surface area contributed by atoms with Crippen molar-refractivity contribution < 1.29 is 4.74 Å². The van der Waals surface area contributed by atoms with E-state index < -0.39 is 10.8 Å². The van der Waals surface area contributed by atoms with Gasteiger partial charge in [0, 0.05) is 51.3 Å². The quantitative estimate of drug-likeness (QED) is 0.144. The number of hydrogen-bond donors (Lipinski definition) is 0. The van der Waals surface area contributed by atoms with Gasteiger partial charge in [-0.25, -0.2) is 4.98 Å². The third kappa shape index (κ3) is 9.41. The summed E-state index contributed by atoms with van der Waals surface area (Å²) in [6, 6.07) is 56.1. The Morgan fingerprint density at radius 3 is 1.48 bits per heavy atom. The van der Waals surface area contributed by atoms with E-state index >= 15 is 0 Å². The molecule has 0 amide bonds. The van der Waals surface area contributed by atoms with Gasteiger partial charge in [0.15, 0.2) is 0 Å². The lowest BCUT2D eigenvalue weighted by Gasteiger charge is -2.38. The van der Waals surface area contributed by atoms with Crippen LogP contribution in [-0.4, -0.2) is 16.2 Å². The zero-order valence-corrected chi connectivity index (χ0v) is 45.4. The second-order valence-electron chi connectivity index (χ2n) is 25.2. The maximum Gasteiger partial charge on any atom is 0.137 e. The molecule has 0 atom stereocenters. The summed E-state index contributed by atoms with van der Waals surface area (Å²) < 4.78 is 9.53. The zero-order valence-electron chi connectivity index (χ0n) is 45.4. The maximum atomic E-state index is 7.21. The fourth-order valence-corrected chi connectivity index (χ4v) is 10.5. The third-order valence-corrected chi connectivity index (χ3v) is 15.0. The molecule has 0 N–H and O–H groups in total. The molecule has 1 aliphatic rings. The summed E-state index contributed by atoms with van der Waals surface area (Å²) in [7, 11) is 0. The van der Waals surface area contributed by atoms with Crippen LogP contribution in [0.15, 0.2) is 169 Å². The molecular weight excluding hydrogens is 865 g/mol. The highest BCUT2D eigenvalue weighted by atomic mass is 16.5. The van der Waals surface area contributed by atoms with E-state index in [2.05, 4.69) is 277 Å². The summed E-state index contributed by atoms with van der Waals surface area (Å²) in [6.07, 6.45) is 1.95. The number of anilines is 2. The minimum atomic E-state index is -0.415. The van der Waals surface area contributed by atoms with Crippen molar-refractivity contribution in [3.05, 3.63) is 203 Å². The largest absolute Gasteiger partial charge is 0.457 e. The highest BCUT2D eigenvalue weighted by Gasteiger charge is 2.46. The number of allylic oxidation sites excluding steroid dienone is 2. The molecule has 8 aromatic rings. The van der Waals surface area contributed by atoms with Gasteiger partial charge in [-0.2, -0.15) is 0 Å². The molecule has 0 unspecified atom stereocenters. The van der Waals surface area contributed by atoms with Crippen LogP contribution < -0.4 is 14.5 Å². The molecule has 0 saturated carbocycles. The number of benzene rings is 6. The van der Waals surface area contributed by atoms with Crippen molar-refractivity contribution in [2.24, 2.45) is 0 Å². The zero-order chi connectivity index (χ0) is 51.1. The standard InChI is InChI=1S/C66H76N4O/c1-61(2,3)46-28-23-29-50(36-46)68-43-69(60(66(15,16)45-26-21-18-22-27-45)59(68)65(13,14)44-24-19-17-20-25-44)51-37-49(64(10,11)12)38-53(41-51)71-52-31-32-54-55-39-47(62(4,5)6)30-33-56(55)70(57(54)42-52)58-40-48(34-35-67-58)63(7,8)9/h17-42H,43H2,1-16H3. The van der Waals surface area contributed by atoms with Gasteiger partial charge in [0.05, 0.1) is 29.1 Å². The van der Waals surface area contributed by atoms with E-state index in [1.54, 1.807) is 0 Å². The average molecular weight is 941 g/mol. The van der Waals surface area contributed by atoms with E-state index in [0.717, 1.165) is 34.0 Å². The highest BCUT2D eigenvalue weighted by Crippen LogP contribution is 2.51. The van der Waals surface area contributed by atoms with Gasteiger partial charge in [0.25, 0.3) is 0 Å². The summed E-state index contributed by atoms with van der Waals surface area (Å²) in [4.78, 5) is 10.2. The minimum absolute atomic E-state index is 0.00188. The summed E-state index contributed by atoms with van der Waals surface area (Å²) in [5, 5.41) is 2.38. The predicted molar refractivity (Wildman–Crippen MR) is 302 cm³/mol. The van der Waals surface area contributed by atoms with Gasteiger partial charge in [-0.05, 0) is 116 Å². The number of ether oxygens (including phenoxy) is 1. The lowest BCUT2D eigenvalue weighted by atomic mass is 9.73. The first-order valence-corrected chi connectivity index (χ1v) is 25.6. The van der Waals surface area contributed by atoms with Crippen molar-refractivity contribution in [3.63, 3.8) is 0 Å². The molecule has 366 valence electrons. The van der Waals surface area contributed by atoms with Gasteiger partial charge >= 0.3 is 0 Å². The first-order valence-electron chi connectivity index (χ1n) is 25.6. The Hall–Kier alpha value is -6.59. The Balaban J connectivity index is 1.26. The molecule has 3 heterocycles. The van der Waals surface area contributed by atoms with E-state index in [0.29, 0.717) is 6.67 Å². The number of rotatable bonds is 9. The molecule has 0 aliphatic carbocycles. The summed E-state index contributed by atoms with van der Waals surface area (Å²) in [5.41, 5.74) is 13.6. The molecule has 0 radical (unpaired) electrons. The van der Waals surface area contributed by atoms with Gasteiger partial charge < -0.3 is 14.5 Å². The van der Waals surface area contributed by atoms with Crippen molar-refractivity contribution in [2.45, 2.75) is 143 Å². The molecule has 6 aromatic carbocycles. The molecule has 5 heteroatoms. The van der Waals surface area contributed by atoms with Gasteiger partial charge in [-0.3, -0.25) is 4.57 Å². The first kappa shape index (κ1) is 49.4. The van der Waals surface area contributed by atoms with Crippen molar-refractivity contribution >= 4 is 33.2 Å². The second kappa shape index (κ2) is 17.6. The van der Waals surface area contributed by atoms with E-state index in [9.17, 15) is 0 Å². The number of aromatic nitrogens is 2. The van der Waals surface area contributed by atoms with Crippen LogP contribution in [0.25, 0.3) is 27.6 Å². The van der Waals surface area contributed by atoms with Gasteiger partial charge in [0.2, 0.25) is 0 Å². The molecule has 0 fully saturated rings. The summed E-state index contributed by atoms with van der Waals surface area (Å²) in [6.45, 7) is 37.7. The monoisotopic (exact) mass is 941 g/mol. The van der Waals surface area contributed by atoms with Crippen LogP contribution in [0.1, 0.15) is 144 Å². The maximum absolute atomic E-state index is 7.21. The molecule has 2 aromatic heterocycles. The number of nitrogens with zero attached hydrogens (tertiary/aromatic N) is 4. The van der Waals surface area contributed by atoms with Crippen molar-refractivity contribution in [3.8, 4) is 17.3 Å². The second-order valence-corrected chi connectivity index (χ2v) is 25.2. The van der Waals surface area contributed by atoms with Gasteiger partial charge in [-0.15, -0.1) is 0 Å². The predicted octanol–water partition coefficient (Wildman–Crippen LogP) is 17.6. The lowest BCUT2D eigenvalue weighted by Crippen LogP contribution is -2.35. The Morgan fingerprint density at radius 1 is 0.380 bits per heavy atom. The molecule has 9 rings (SSSR count). The third-order valence-electron chi connectivity index (χ3n) is 15.0. The molecule has 1 aliphatic heterocycles. The summed E-state index contributed by atoms with van der Waals surface area (Å²) in [5.74, 6) is 2.47. The number of pyridine rings is 1. The molecule has 5 nitrogen and oxygen atoms in total. The number of hydrogen-bond acceptors (Lipinski definition) is 4. The normalized spacial score (nSPS) is 14.3. The molecule has 71 heavy (non-hydrogen) atoms. The van der Waals surface area contributed by atoms with Crippen LogP contribution in [0.5, 0.6) is 11.5 Å². The van der Waals surface area contributed by atoms with Gasteiger partial charge in [0.1, 0.15) is 17.3 Å². The molecular formula is C66H76N4O. The SMILES string of the molecule is CC(C)(C)c1cccc(N2CN(c3cc(Oc4ccc5c6cc(C(C)(C)C)ccc6n(-c6cc(C(C)(C)C)ccn6)c5c4)cc(C(C)(C)C)c3)C(C(C)(C)c3ccccc3)=C2C(C)(C)c2ccccc2)c1. The number of fused-ring (bicyclic) bond motifs is 3. The fraction of sp³-hybridized carbons (Fsp3) is 0.348. The first-order chi connectivity index (χ1) is 33.2. The average Bonchev–Trinajstić information content (AvgIpc) is 3.89. The molecule has 0 bridgehead atoms. The Morgan fingerprint density at radius 2 is 0.901 bits per heavy atom. The smallest absolute Gasteiger partial charge is 0.137 e. The highest BCUT2D eigenvalue weighted by molar-refractivity contribution is 6.09. The molecule has 0 saturated heterocycles. The van der Waals surface area contributed by atoms with Crippen LogP contribution in [-0.2, 0) is 32.5 Å². The van der Waals surface area contributed by atoms with E-state index in [1.807, 2.05) is 6.20 Å². The van der Waals surface area contributed by atoms with E-state index in [1.165, 1.54) is 61.2 Å². The minimum Gasteiger partial charge on any atom is -0.457 e.